The van der Waals surface area contributed by atoms with Crippen LogP contribution in [0.15, 0.2) is 18.2 Å². The fourth-order valence-electron chi connectivity index (χ4n) is 2.15. The van der Waals surface area contributed by atoms with E-state index in [1.54, 1.807) is 0 Å². The Bertz CT molecular complexity index is 307. The Kier molecular flexibility index (Phi) is 2.34. The first-order valence-corrected chi connectivity index (χ1v) is 4.69. The Labute approximate surface area is 77.8 Å². The molecule has 13 heavy (non-hydrogen) atoms. The van der Waals surface area contributed by atoms with E-state index in [2.05, 4.69) is 6.07 Å². The Morgan fingerprint density at radius 2 is 2.15 bits per heavy atom. The summed E-state index contributed by atoms with van der Waals surface area (Å²) in [5, 5.41) is 18.2. The molecule has 1 unspecified atom stereocenters. The van der Waals surface area contributed by atoms with E-state index in [4.69, 9.17) is 10.2 Å². The molecule has 0 bridgehead atoms. The highest BCUT2D eigenvalue weighted by Crippen LogP contribution is 2.34. The van der Waals surface area contributed by atoms with Crippen molar-refractivity contribution in [2.45, 2.75) is 25.4 Å². The lowest BCUT2D eigenvalue weighted by Crippen LogP contribution is -1.99. The van der Waals surface area contributed by atoms with Gasteiger partial charge in [0.2, 0.25) is 0 Å². The first kappa shape index (κ1) is 8.73. The van der Waals surface area contributed by atoms with Crippen molar-refractivity contribution in [3.8, 4) is 0 Å². The van der Waals surface area contributed by atoms with Gasteiger partial charge in [0, 0.05) is 12.5 Å². The van der Waals surface area contributed by atoms with Crippen LogP contribution in [-0.2, 0) is 13.0 Å². The second-order valence-electron chi connectivity index (χ2n) is 3.56. The smallest absolute Gasteiger partial charge is 0.0684 e. The molecular weight excluding hydrogens is 164 g/mol. The van der Waals surface area contributed by atoms with Gasteiger partial charge in [-0.2, -0.15) is 0 Å². The van der Waals surface area contributed by atoms with Gasteiger partial charge in [-0.05, 0) is 29.5 Å². The average molecular weight is 178 g/mol. The second kappa shape index (κ2) is 3.48. The summed E-state index contributed by atoms with van der Waals surface area (Å²) in [6.45, 7) is 0.337. The maximum absolute atomic E-state index is 9.11. The van der Waals surface area contributed by atoms with Gasteiger partial charge < -0.3 is 10.2 Å². The topological polar surface area (TPSA) is 40.5 Å². The Morgan fingerprint density at radius 3 is 2.85 bits per heavy atom. The van der Waals surface area contributed by atoms with Gasteiger partial charge in [0.05, 0.1) is 6.61 Å². The molecule has 0 fully saturated rings. The third-order valence-corrected chi connectivity index (χ3v) is 2.88. The summed E-state index contributed by atoms with van der Waals surface area (Å²) in [6, 6.07) is 5.97. The molecule has 0 saturated heterocycles. The highest BCUT2D eigenvalue weighted by atomic mass is 16.3. The lowest BCUT2D eigenvalue weighted by molar-refractivity contribution is 0.265. The number of hydrogen-bond donors (Lipinski definition) is 2. The quantitative estimate of drug-likeness (QED) is 0.714. The average Bonchev–Trinajstić information content (AvgIpc) is 2.60. The van der Waals surface area contributed by atoms with E-state index in [0.29, 0.717) is 5.92 Å². The molecule has 0 aromatic heterocycles. The number of aliphatic hydroxyl groups is 2. The summed E-state index contributed by atoms with van der Waals surface area (Å²) in [6.07, 6.45) is 2.01. The maximum atomic E-state index is 9.11. The van der Waals surface area contributed by atoms with Crippen LogP contribution in [0.1, 0.15) is 29.0 Å². The Morgan fingerprint density at radius 1 is 1.31 bits per heavy atom. The van der Waals surface area contributed by atoms with E-state index >= 15 is 0 Å². The van der Waals surface area contributed by atoms with Crippen LogP contribution in [0.25, 0.3) is 0 Å². The summed E-state index contributed by atoms with van der Waals surface area (Å²) < 4.78 is 0. The van der Waals surface area contributed by atoms with E-state index in [9.17, 15) is 0 Å². The van der Waals surface area contributed by atoms with Gasteiger partial charge in [-0.1, -0.05) is 18.2 Å². The van der Waals surface area contributed by atoms with Crippen molar-refractivity contribution in [2.24, 2.45) is 0 Å². The third-order valence-electron chi connectivity index (χ3n) is 2.88. The normalized spacial score (nSPS) is 20.3. The molecule has 0 amide bonds. The zero-order valence-corrected chi connectivity index (χ0v) is 7.53. The predicted molar refractivity (Wildman–Crippen MR) is 50.5 cm³/mol. The van der Waals surface area contributed by atoms with Crippen molar-refractivity contribution in [1.29, 1.82) is 0 Å². The largest absolute Gasteiger partial charge is 0.396 e. The third kappa shape index (κ3) is 1.36. The van der Waals surface area contributed by atoms with Crippen molar-refractivity contribution in [1.82, 2.24) is 0 Å². The van der Waals surface area contributed by atoms with Crippen LogP contribution in [-0.4, -0.2) is 16.8 Å². The molecule has 0 saturated carbocycles. The van der Waals surface area contributed by atoms with Crippen molar-refractivity contribution in [3.63, 3.8) is 0 Å². The van der Waals surface area contributed by atoms with Crippen LogP contribution in [0, 0.1) is 0 Å². The highest BCUT2D eigenvalue weighted by molar-refractivity contribution is 5.40. The van der Waals surface area contributed by atoms with E-state index in [1.807, 2.05) is 12.1 Å². The molecule has 1 aliphatic rings. The van der Waals surface area contributed by atoms with Gasteiger partial charge in [-0.3, -0.25) is 0 Å². The monoisotopic (exact) mass is 178 g/mol. The fourth-order valence-corrected chi connectivity index (χ4v) is 2.15. The zero-order chi connectivity index (χ0) is 9.26. The van der Waals surface area contributed by atoms with Gasteiger partial charge in [-0.25, -0.2) is 0 Å². The predicted octanol–water partition coefficient (Wildman–Crippen LogP) is 1.20. The van der Waals surface area contributed by atoms with E-state index < -0.39 is 0 Å². The van der Waals surface area contributed by atoms with Crippen LogP contribution in [0.3, 0.4) is 0 Å². The lowest BCUT2D eigenvalue weighted by Gasteiger charge is -2.08. The Hall–Kier alpha value is -0.860. The number of aliphatic hydroxyl groups excluding tert-OH is 2. The highest BCUT2D eigenvalue weighted by Gasteiger charge is 2.23. The van der Waals surface area contributed by atoms with Crippen LogP contribution >= 0.6 is 0 Å². The standard InChI is InChI=1S/C11H14O2/c12-6-8-2-1-3-10-9(7-13)4-5-11(8)10/h1-3,9,12-13H,4-7H2. The van der Waals surface area contributed by atoms with Crippen LogP contribution in [0.5, 0.6) is 0 Å². The minimum atomic E-state index is 0.112. The van der Waals surface area contributed by atoms with Crippen molar-refractivity contribution < 1.29 is 10.2 Å². The maximum Gasteiger partial charge on any atom is 0.0684 e. The minimum Gasteiger partial charge on any atom is -0.396 e. The molecule has 1 aromatic carbocycles. The molecular formula is C11H14O2. The summed E-state index contributed by atoms with van der Waals surface area (Å²) in [5.74, 6) is 0.293. The van der Waals surface area contributed by atoms with E-state index in [1.165, 1.54) is 11.1 Å². The molecule has 1 aliphatic carbocycles. The van der Waals surface area contributed by atoms with E-state index in [0.717, 1.165) is 18.4 Å². The second-order valence-corrected chi connectivity index (χ2v) is 3.56. The molecule has 0 spiro atoms. The first-order valence-electron chi connectivity index (χ1n) is 4.69. The van der Waals surface area contributed by atoms with Gasteiger partial charge in [0.1, 0.15) is 0 Å². The number of hydrogen-bond acceptors (Lipinski definition) is 2. The van der Waals surface area contributed by atoms with Crippen molar-refractivity contribution in [3.05, 3.63) is 34.9 Å². The summed E-state index contributed by atoms with van der Waals surface area (Å²) in [7, 11) is 0. The minimum absolute atomic E-state index is 0.112. The molecule has 2 heteroatoms. The van der Waals surface area contributed by atoms with Crippen LogP contribution in [0.4, 0.5) is 0 Å². The summed E-state index contributed by atoms with van der Waals surface area (Å²) in [4.78, 5) is 0. The first-order chi connectivity index (χ1) is 6.36. The fraction of sp³-hybridized carbons (Fsp3) is 0.455. The lowest BCUT2D eigenvalue weighted by atomic mass is 9.99. The summed E-state index contributed by atoms with van der Waals surface area (Å²) >= 11 is 0. The number of rotatable bonds is 2. The molecule has 2 N–H and O–H groups in total. The van der Waals surface area contributed by atoms with Crippen LogP contribution < -0.4 is 0 Å². The number of benzene rings is 1. The molecule has 2 rings (SSSR count). The number of fused-ring (bicyclic) bond motifs is 1. The molecule has 0 aliphatic heterocycles. The Balaban J connectivity index is 2.43. The summed E-state index contributed by atoms with van der Waals surface area (Å²) in [5.41, 5.74) is 3.51. The molecule has 0 heterocycles. The van der Waals surface area contributed by atoms with Gasteiger partial charge >= 0.3 is 0 Å². The molecule has 2 nitrogen and oxygen atoms in total. The SMILES string of the molecule is OCc1cccc2c1CCC2CO. The molecule has 1 aromatic rings. The van der Waals surface area contributed by atoms with Gasteiger partial charge in [0.15, 0.2) is 0 Å². The van der Waals surface area contributed by atoms with Crippen LogP contribution in [0.2, 0.25) is 0 Å². The molecule has 0 radical (unpaired) electrons. The van der Waals surface area contributed by atoms with E-state index in [-0.39, 0.29) is 13.2 Å². The van der Waals surface area contributed by atoms with Gasteiger partial charge in [0.25, 0.3) is 0 Å². The molecule has 70 valence electrons. The van der Waals surface area contributed by atoms with Crippen molar-refractivity contribution in [2.75, 3.05) is 6.61 Å². The zero-order valence-electron chi connectivity index (χ0n) is 7.53. The molecule has 1 atom stereocenters. The van der Waals surface area contributed by atoms with Crippen molar-refractivity contribution >= 4 is 0 Å². The van der Waals surface area contributed by atoms with Gasteiger partial charge in [-0.15, -0.1) is 0 Å².